The smallest absolute Gasteiger partial charge is 0.240 e. The summed E-state index contributed by atoms with van der Waals surface area (Å²) >= 11 is 0. The molecule has 8 nitrogen and oxygen atoms in total. The minimum absolute atomic E-state index is 0.175. The molecule has 27 heavy (non-hydrogen) atoms. The molecule has 0 saturated heterocycles. The zero-order valence-electron chi connectivity index (χ0n) is 15.9. The van der Waals surface area contributed by atoms with Crippen LogP contribution in [-0.4, -0.2) is 53.1 Å². The van der Waals surface area contributed by atoms with Gasteiger partial charge in [-0.15, -0.1) is 0 Å². The molecular formula is C18H27N3O5S. The monoisotopic (exact) mass is 397 g/mol. The van der Waals surface area contributed by atoms with Crippen LogP contribution in [0.5, 0.6) is 0 Å². The summed E-state index contributed by atoms with van der Waals surface area (Å²) in [5, 5.41) is 3.93. The molecule has 0 atom stereocenters. The summed E-state index contributed by atoms with van der Waals surface area (Å²) in [6, 6.07) is 5.29. The molecule has 0 aliphatic rings. The largest absolute Gasteiger partial charge is 0.378 e. The number of nitrogens with two attached hydrogens (primary N) is 1. The summed E-state index contributed by atoms with van der Waals surface area (Å²) in [4.78, 5) is 0.228. The number of ether oxygens (including phenoxy) is 2. The van der Waals surface area contributed by atoms with Gasteiger partial charge in [-0.3, -0.25) is 0 Å². The lowest BCUT2D eigenvalue weighted by molar-refractivity contribution is 0.0530. The van der Waals surface area contributed by atoms with E-state index >= 15 is 0 Å². The molecule has 1 aromatic carbocycles. The van der Waals surface area contributed by atoms with Gasteiger partial charge < -0.3 is 19.7 Å². The highest BCUT2D eigenvalue weighted by atomic mass is 32.2. The summed E-state index contributed by atoms with van der Waals surface area (Å²) in [6.45, 7) is 7.59. The van der Waals surface area contributed by atoms with Gasteiger partial charge >= 0.3 is 0 Å². The van der Waals surface area contributed by atoms with Crippen molar-refractivity contribution in [1.29, 1.82) is 0 Å². The van der Waals surface area contributed by atoms with Gasteiger partial charge in [-0.1, -0.05) is 17.3 Å². The summed E-state index contributed by atoms with van der Waals surface area (Å²) < 4.78 is 43.6. The number of hydrogen-bond donors (Lipinski definition) is 2. The van der Waals surface area contributed by atoms with E-state index in [9.17, 15) is 8.42 Å². The van der Waals surface area contributed by atoms with E-state index in [1.807, 2.05) is 13.0 Å². The Balaban J connectivity index is 2.00. The maximum atomic E-state index is 12.7. The van der Waals surface area contributed by atoms with Gasteiger partial charge in [0.15, 0.2) is 0 Å². The third-order valence-electron chi connectivity index (χ3n) is 3.97. The lowest BCUT2D eigenvalue weighted by Crippen LogP contribution is -2.28. The van der Waals surface area contributed by atoms with E-state index < -0.39 is 10.0 Å². The van der Waals surface area contributed by atoms with Crippen molar-refractivity contribution in [2.24, 2.45) is 5.73 Å². The second kappa shape index (κ2) is 9.95. The lowest BCUT2D eigenvalue weighted by atomic mass is 10.0. The third-order valence-corrected chi connectivity index (χ3v) is 5.58. The molecule has 0 aliphatic carbocycles. The van der Waals surface area contributed by atoms with Gasteiger partial charge in [0.2, 0.25) is 10.0 Å². The first-order valence-electron chi connectivity index (χ1n) is 8.76. The molecule has 150 valence electrons. The predicted octanol–water partition coefficient (Wildman–Crippen LogP) is 1.54. The fourth-order valence-corrected chi connectivity index (χ4v) is 3.95. The van der Waals surface area contributed by atoms with Gasteiger partial charge in [-0.05, 0) is 38.0 Å². The first-order chi connectivity index (χ1) is 12.9. The number of benzene rings is 1. The van der Waals surface area contributed by atoms with E-state index in [2.05, 4.69) is 9.88 Å². The van der Waals surface area contributed by atoms with E-state index in [-0.39, 0.29) is 18.0 Å². The Kier molecular flexibility index (Phi) is 7.93. The number of aromatic nitrogens is 1. The van der Waals surface area contributed by atoms with Crippen LogP contribution in [0, 0.1) is 20.8 Å². The quantitative estimate of drug-likeness (QED) is 0.552. The molecule has 0 spiro atoms. The fraction of sp³-hybridized carbons (Fsp3) is 0.500. The van der Waals surface area contributed by atoms with Gasteiger partial charge in [0, 0.05) is 18.7 Å². The number of hydrogen-bond acceptors (Lipinski definition) is 7. The Labute approximate surface area is 160 Å². The molecule has 0 saturated carbocycles. The predicted molar refractivity (Wildman–Crippen MR) is 102 cm³/mol. The molecule has 9 heteroatoms. The first kappa shape index (κ1) is 21.5. The van der Waals surface area contributed by atoms with E-state index in [1.165, 1.54) is 0 Å². The van der Waals surface area contributed by atoms with Crippen molar-refractivity contribution in [2.75, 3.05) is 39.5 Å². The first-order valence-corrected chi connectivity index (χ1v) is 10.2. The van der Waals surface area contributed by atoms with Crippen molar-refractivity contribution in [2.45, 2.75) is 25.7 Å². The van der Waals surface area contributed by atoms with E-state index in [0.717, 1.165) is 16.8 Å². The molecule has 2 rings (SSSR count). The maximum Gasteiger partial charge on any atom is 0.240 e. The van der Waals surface area contributed by atoms with Crippen molar-refractivity contribution < 1.29 is 22.4 Å². The van der Waals surface area contributed by atoms with Crippen LogP contribution >= 0.6 is 0 Å². The third kappa shape index (κ3) is 5.85. The minimum Gasteiger partial charge on any atom is -0.378 e. The Morgan fingerprint density at radius 1 is 1.11 bits per heavy atom. The Bertz CT molecular complexity index is 829. The summed E-state index contributed by atoms with van der Waals surface area (Å²) in [6.07, 6.45) is 0. The molecule has 0 aliphatic heterocycles. The van der Waals surface area contributed by atoms with Crippen LogP contribution in [-0.2, 0) is 19.5 Å². The summed E-state index contributed by atoms with van der Waals surface area (Å²) in [5.41, 5.74) is 8.26. The van der Waals surface area contributed by atoms with Crippen LogP contribution in [0.1, 0.15) is 17.0 Å². The number of rotatable bonds is 11. The fourth-order valence-electron chi connectivity index (χ4n) is 2.67. The second-order valence-corrected chi connectivity index (χ2v) is 7.83. The molecule has 3 N–H and O–H groups in total. The van der Waals surface area contributed by atoms with Gasteiger partial charge in [0.1, 0.15) is 5.76 Å². The van der Waals surface area contributed by atoms with Gasteiger partial charge in [0.05, 0.1) is 37.0 Å². The van der Waals surface area contributed by atoms with Crippen LogP contribution in [0.2, 0.25) is 0 Å². The van der Waals surface area contributed by atoms with Crippen molar-refractivity contribution in [3.8, 4) is 11.1 Å². The molecule has 0 bridgehead atoms. The maximum absolute atomic E-state index is 12.7. The average molecular weight is 397 g/mol. The van der Waals surface area contributed by atoms with Crippen molar-refractivity contribution in [1.82, 2.24) is 9.88 Å². The Morgan fingerprint density at radius 3 is 2.44 bits per heavy atom. The van der Waals surface area contributed by atoms with Crippen LogP contribution < -0.4 is 10.5 Å². The number of nitrogens with one attached hydrogen (secondary N) is 1. The summed E-state index contributed by atoms with van der Waals surface area (Å²) in [5.74, 6) is 0.651. The molecule has 0 amide bonds. The standard InChI is InChI=1S/C18H27N3O5S/c1-13-4-5-16(18-14(2)21-26-15(18)3)12-17(13)27(22,23)20-7-9-25-11-10-24-8-6-19/h4-5,12,20H,6-11,19H2,1-3H3. The second-order valence-electron chi connectivity index (χ2n) is 6.09. The molecule has 1 heterocycles. The molecule has 2 aromatic rings. The topological polar surface area (TPSA) is 117 Å². The molecule has 0 fully saturated rings. The van der Waals surface area contributed by atoms with Crippen LogP contribution in [0.3, 0.4) is 0 Å². The van der Waals surface area contributed by atoms with Crippen LogP contribution in [0.15, 0.2) is 27.6 Å². The molecule has 1 aromatic heterocycles. The zero-order chi connectivity index (χ0) is 19.9. The van der Waals surface area contributed by atoms with E-state index in [4.69, 9.17) is 19.7 Å². The highest BCUT2D eigenvalue weighted by Gasteiger charge is 2.19. The van der Waals surface area contributed by atoms with Gasteiger partial charge in [-0.25, -0.2) is 13.1 Å². The van der Waals surface area contributed by atoms with E-state index in [0.29, 0.717) is 37.7 Å². The molecule has 0 unspecified atom stereocenters. The summed E-state index contributed by atoms with van der Waals surface area (Å²) in [7, 11) is -3.66. The lowest BCUT2D eigenvalue weighted by Gasteiger charge is -2.12. The minimum atomic E-state index is -3.66. The molecule has 0 radical (unpaired) electrons. The van der Waals surface area contributed by atoms with Crippen molar-refractivity contribution in [3.05, 3.63) is 35.2 Å². The number of nitrogens with zero attached hydrogens (tertiary/aromatic N) is 1. The van der Waals surface area contributed by atoms with Crippen molar-refractivity contribution in [3.63, 3.8) is 0 Å². The average Bonchev–Trinajstić information content (AvgIpc) is 2.96. The van der Waals surface area contributed by atoms with Crippen LogP contribution in [0.25, 0.3) is 11.1 Å². The van der Waals surface area contributed by atoms with E-state index in [1.54, 1.807) is 26.0 Å². The van der Waals surface area contributed by atoms with Gasteiger partial charge in [-0.2, -0.15) is 0 Å². The number of sulfonamides is 1. The van der Waals surface area contributed by atoms with Crippen LogP contribution in [0.4, 0.5) is 0 Å². The van der Waals surface area contributed by atoms with Gasteiger partial charge in [0.25, 0.3) is 0 Å². The van der Waals surface area contributed by atoms with Crippen molar-refractivity contribution >= 4 is 10.0 Å². The molecular weight excluding hydrogens is 370 g/mol. The SMILES string of the molecule is Cc1ccc(-c2c(C)noc2C)cc1S(=O)(=O)NCCOCCOCCN. The zero-order valence-corrected chi connectivity index (χ0v) is 16.8. The Morgan fingerprint density at radius 2 is 1.81 bits per heavy atom. The number of aryl methyl sites for hydroxylation is 3. The normalized spacial score (nSPS) is 11.9. The highest BCUT2D eigenvalue weighted by molar-refractivity contribution is 7.89. The highest BCUT2D eigenvalue weighted by Crippen LogP contribution is 2.29. The Hall–Kier alpha value is -1.78.